The van der Waals surface area contributed by atoms with E-state index in [1.54, 1.807) is 0 Å². The lowest BCUT2D eigenvalue weighted by atomic mass is 10.3. The van der Waals surface area contributed by atoms with E-state index in [0.29, 0.717) is 6.54 Å². The Kier molecular flexibility index (Phi) is 7.83. The van der Waals surface area contributed by atoms with E-state index in [1.807, 2.05) is 6.92 Å². The fourth-order valence-electron chi connectivity index (χ4n) is 0.965. The molecule has 0 aromatic carbocycles. The summed E-state index contributed by atoms with van der Waals surface area (Å²) in [6.07, 6.45) is 0.918. The molecule has 0 heterocycles. The van der Waals surface area contributed by atoms with Crippen LogP contribution in [0, 0.1) is 0 Å². The molecule has 0 aliphatic carbocycles. The zero-order valence-electron chi connectivity index (χ0n) is 9.76. The van der Waals surface area contributed by atoms with Crippen LogP contribution >= 0.6 is 0 Å². The summed E-state index contributed by atoms with van der Waals surface area (Å²) in [5.41, 5.74) is 0. The molecule has 6 nitrogen and oxygen atoms in total. The third kappa shape index (κ3) is 7.78. The zero-order chi connectivity index (χ0) is 12.4. The van der Waals surface area contributed by atoms with Crippen LogP contribution in [0.3, 0.4) is 0 Å². The predicted octanol–water partition coefficient (Wildman–Crippen LogP) is -0.845. The predicted molar refractivity (Wildman–Crippen MR) is 59.6 cm³/mol. The maximum Gasteiger partial charge on any atom is 0.229 e. The number of hydrogen-bond donors (Lipinski definition) is 3. The van der Waals surface area contributed by atoms with Gasteiger partial charge in [-0.05, 0) is 6.42 Å². The van der Waals surface area contributed by atoms with Crippen LogP contribution in [0.5, 0.6) is 0 Å². The molecular weight excluding hydrogens is 210 g/mol. The lowest BCUT2D eigenvalue weighted by Gasteiger charge is -2.05. The van der Waals surface area contributed by atoms with Gasteiger partial charge in [0.1, 0.15) is 6.42 Å². The van der Waals surface area contributed by atoms with Gasteiger partial charge in [0, 0.05) is 26.6 Å². The van der Waals surface area contributed by atoms with Gasteiger partial charge in [0.05, 0.1) is 0 Å². The van der Waals surface area contributed by atoms with Crippen LogP contribution in [0.1, 0.15) is 26.2 Å². The first-order valence-corrected chi connectivity index (χ1v) is 5.34. The first-order chi connectivity index (χ1) is 7.60. The Labute approximate surface area is 95.2 Å². The van der Waals surface area contributed by atoms with Gasteiger partial charge in [-0.25, -0.2) is 0 Å². The van der Waals surface area contributed by atoms with Gasteiger partial charge >= 0.3 is 0 Å². The lowest BCUT2D eigenvalue weighted by molar-refractivity contribution is -0.128. The number of rotatable bonds is 7. The number of carbonyl (C=O) groups is 3. The average Bonchev–Trinajstić information content (AvgIpc) is 2.26. The van der Waals surface area contributed by atoms with Crippen LogP contribution in [-0.4, -0.2) is 37.9 Å². The first-order valence-electron chi connectivity index (χ1n) is 5.34. The fraction of sp³-hybridized carbons (Fsp3) is 0.700. The lowest BCUT2D eigenvalue weighted by Crippen LogP contribution is -2.33. The largest absolute Gasteiger partial charge is 0.359 e. The molecule has 0 saturated heterocycles. The summed E-state index contributed by atoms with van der Waals surface area (Å²) in [6.45, 7) is 2.86. The molecular formula is C10H19N3O3. The highest BCUT2D eigenvalue weighted by Gasteiger charge is 2.07. The third-order valence-electron chi connectivity index (χ3n) is 1.85. The van der Waals surface area contributed by atoms with Crippen molar-refractivity contribution >= 4 is 17.7 Å². The molecule has 0 aliphatic rings. The third-order valence-corrected chi connectivity index (χ3v) is 1.85. The Morgan fingerprint density at radius 2 is 1.56 bits per heavy atom. The summed E-state index contributed by atoms with van der Waals surface area (Å²) in [6, 6.07) is 0. The molecule has 3 N–H and O–H groups in total. The Morgan fingerprint density at radius 1 is 0.938 bits per heavy atom. The van der Waals surface area contributed by atoms with E-state index in [2.05, 4.69) is 16.0 Å². The minimum absolute atomic E-state index is 0.0953. The van der Waals surface area contributed by atoms with Crippen molar-refractivity contribution in [2.75, 3.05) is 20.1 Å². The summed E-state index contributed by atoms with van der Waals surface area (Å²) in [7, 11) is 1.47. The zero-order valence-corrected chi connectivity index (χ0v) is 9.76. The molecule has 0 atom stereocenters. The molecule has 16 heavy (non-hydrogen) atoms. The van der Waals surface area contributed by atoms with Crippen molar-refractivity contribution in [1.29, 1.82) is 0 Å². The Hall–Kier alpha value is -1.59. The summed E-state index contributed by atoms with van der Waals surface area (Å²) >= 11 is 0. The summed E-state index contributed by atoms with van der Waals surface area (Å²) in [5, 5.41) is 7.53. The van der Waals surface area contributed by atoms with E-state index in [1.165, 1.54) is 7.05 Å². The number of hydrogen-bond acceptors (Lipinski definition) is 3. The summed E-state index contributed by atoms with van der Waals surface area (Å²) < 4.78 is 0. The van der Waals surface area contributed by atoms with Crippen molar-refractivity contribution in [2.45, 2.75) is 26.2 Å². The molecule has 3 amide bonds. The molecule has 0 rings (SSSR count). The Morgan fingerprint density at radius 3 is 2.12 bits per heavy atom. The molecule has 0 radical (unpaired) electrons. The fourth-order valence-corrected chi connectivity index (χ4v) is 0.965. The van der Waals surface area contributed by atoms with Crippen molar-refractivity contribution in [3.05, 3.63) is 0 Å². The molecule has 92 valence electrons. The Balaban J connectivity index is 3.54. The van der Waals surface area contributed by atoms with Crippen molar-refractivity contribution in [2.24, 2.45) is 0 Å². The van der Waals surface area contributed by atoms with E-state index < -0.39 is 0 Å². The first kappa shape index (κ1) is 14.4. The highest BCUT2D eigenvalue weighted by molar-refractivity contribution is 5.96. The molecule has 0 spiro atoms. The maximum absolute atomic E-state index is 11.1. The number of nitrogens with one attached hydrogen (secondary N) is 3. The quantitative estimate of drug-likeness (QED) is 0.497. The molecule has 0 aliphatic heterocycles. The van der Waals surface area contributed by atoms with E-state index in [4.69, 9.17) is 0 Å². The molecule has 0 unspecified atom stereocenters. The highest BCUT2D eigenvalue weighted by atomic mass is 16.2. The second-order valence-electron chi connectivity index (χ2n) is 3.30. The van der Waals surface area contributed by atoms with E-state index in [-0.39, 0.29) is 37.1 Å². The van der Waals surface area contributed by atoms with E-state index in [9.17, 15) is 14.4 Å². The molecule has 0 saturated carbocycles. The monoisotopic (exact) mass is 229 g/mol. The van der Waals surface area contributed by atoms with Gasteiger partial charge in [0.2, 0.25) is 17.7 Å². The molecule has 0 aromatic rings. The minimum Gasteiger partial charge on any atom is -0.359 e. The molecule has 6 heteroatoms. The number of carbonyl (C=O) groups excluding carboxylic acids is 3. The highest BCUT2D eigenvalue weighted by Crippen LogP contribution is 1.82. The van der Waals surface area contributed by atoms with Gasteiger partial charge in [-0.15, -0.1) is 0 Å². The van der Waals surface area contributed by atoms with Crippen molar-refractivity contribution in [1.82, 2.24) is 16.0 Å². The van der Waals surface area contributed by atoms with Gasteiger partial charge in [-0.3, -0.25) is 14.4 Å². The van der Waals surface area contributed by atoms with Gasteiger partial charge in [0.15, 0.2) is 0 Å². The van der Waals surface area contributed by atoms with Crippen molar-refractivity contribution < 1.29 is 14.4 Å². The van der Waals surface area contributed by atoms with E-state index in [0.717, 1.165) is 6.42 Å². The number of amides is 3. The second kappa shape index (κ2) is 8.70. The molecule has 0 bridgehead atoms. The SMILES string of the molecule is CCCNC(=O)CCNC(=O)CC(=O)NC. The topological polar surface area (TPSA) is 87.3 Å². The van der Waals surface area contributed by atoms with E-state index >= 15 is 0 Å². The minimum atomic E-state index is -0.373. The van der Waals surface area contributed by atoms with Crippen LogP contribution in [0.4, 0.5) is 0 Å². The van der Waals surface area contributed by atoms with Crippen LogP contribution in [0.15, 0.2) is 0 Å². The second-order valence-corrected chi connectivity index (χ2v) is 3.30. The molecule has 0 aromatic heterocycles. The van der Waals surface area contributed by atoms with Gasteiger partial charge in [-0.1, -0.05) is 6.92 Å². The van der Waals surface area contributed by atoms with Gasteiger partial charge in [-0.2, -0.15) is 0 Å². The normalized spacial score (nSPS) is 9.38. The average molecular weight is 229 g/mol. The maximum atomic E-state index is 11.1. The van der Waals surface area contributed by atoms with Crippen LogP contribution in [0.2, 0.25) is 0 Å². The van der Waals surface area contributed by atoms with Crippen LogP contribution in [-0.2, 0) is 14.4 Å². The standard InChI is InChI=1S/C10H19N3O3/c1-3-5-12-8(14)4-6-13-10(16)7-9(15)11-2/h3-7H2,1-2H3,(H,11,15)(H,12,14)(H,13,16). The van der Waals surface area contributed by atoms with Crippen LogP contribution < -0.4 is 16.0 Å². The van der Waals surface area contributed by atoms with Crippen molar-refractivity contribution in [3.8, 4) is 0 Å². The molecule has 0 fully saturated rings. The van der Waals surface area contributed by atoms with Gasteiger partial charge in [0.25, 0.3) is 0 Å². The summed E-state index contributed by atoms with van der Waals surface area (Å²) in [5.74, 6) is -0.808. The smallest absolute Gasteiger partial charge is 0.229 e. The van der Waals surface area contributed by atoms with Gasteiger partial charge < -0.3 is 16.0 Å². The Bertz CT molecular complexity index is 254. The van der Waals surface area contributed by atoms with Crippen molar-refractivity contribution in [3.63, 3.8) is 0 Å². The van der Waals surface area contributed by atoms with Crippen LogP contribution in [0.25, 0.3) is 0 Å². The summed E-state index contributed by atoms with van der Waals surface area (Å²) in [4.78, 5) is 33.0.